The van der Waals surface area contributed by atoms with Crippen molar-refractivity contribution in [3.63, 3.8) is 0 Å². The first kappa shape index (κ1) is 21.3. The molecule has 0 saturated heterocycles. The lowest BCUT2D eigenvalue weighted by molar-refractivity contribution is -0.121. The highest BCUT2D eigenvalue weighted by Crippen LogP contribution is 2.32. The monoisotopic (exact) mass is 462 g/mol. The molecule has 3 aromatic rings. The van der Waals surface area contributed by atoms with Crippen molar-refractivity contribution in [3.05, 3.63) is 47.3 Å². The Bertz CT molecular complexity index is 1300. The second kappa shape index (κ2) is 8.69. The summed E-state index contributed by atoms with van der Waals surface area (Å²) in [5.74, 6) is 0.341. The quantitative estimate of drug-likeness (QED) is 0.581. The number of nitrogens with zero attached hydrogens (tertiary/aromatic N) is 3. The van der Waals surface area contributed by atoms with Crippen LogP contribution in [0.4, 0.5) is 0 Å². The molecule has 31 heavy (non-hydrogen) atoms. The molecule has 11 heteroatoms. The van der Waals surface area contributed by atoms with Crippen LogP contribution in [0.25, 0.3) is 10.2 Å². The number of benzene rings is 2. The molecular weight excluding hydrogens is 440 g/mol. The molecule has 0 saturated carbocycles. The zero-order valence-electron chi connectivity index (χ0n) is 17.1. The van der Waals surface area contributed by atoms with Crippen molar-refractivity contribution in [2.24, 2.45) is 12.1 Å². The van der Waals surface area contributed by atoms with Crippen LogP contribution in [0.5, 0.6) is 11.5 Å². The number of nitrogens with one attached hydrogen (secondary N) is 1. The van der Waals surface area contributed by atoms with Crippen molar-refractivity contribution >= 4 is 37.5 Å². The summed E-state index contributed by atoms with van der Waals surface area (Å²) in [4.78, 5) is 13.0. The van der Waals surface area contributed by atoms with Crippen molar-refractivity contribution in [2.45, 2.75) is 11.3 Å². The number of rotatable bonds is 5. The molecule has 0 aliphatic carbocycles. The summed E-state index contributed by atoms with van der Waals surface area (Å²) in [6.45, 7) is 0.584. The van der Waals surface area contributed by atoms with Gasteiger partial charge in [0.2, 0.25) is 14.8 Å². The van der Waals surface area contributed by atoms with Crippen LogP contribution in [0.15, 0.2) is 52.5 Å². The highest BCUT2D eigenvalue weighted by atomic mass is 32.2. The minimum atomic E-state index is -3.90. The second-order valence-electron chi connectivity index (χ2n) is 6.98. The molecule has 9 nitrogen and oxygen atoms in total. The molecule has 2 aromatic carbocycles. The molecule has 0 atom stereocenters. The molecule has 1 amide bonds. The first-order chi connectivity index (χ1) is 14.9. The van der Waals surface area contributed by atoms with Gasteiger partial charge in [-0.1, -0.05) is 23.5 Å². The average molecular weight is 463 g/mol. The number of sulfonamides is 1. The number of carbonyl (C=O) groups is 1. The number of amides is 1. The zero-order chi connectivity index (χ0) is 22.0. The maximum Gasteiger partial charge on any atom is 0.255 e. The van der Waals surface area contributed by atoms with Crippen LogP contribution < -0.4 is 19.7 Å². The normalized spacial score (nSPS) is 14.6. The van der Waals surface area contributed by atoms with E-state index in [0.717, 1.165) is 20.9 Å². The average Bonchev–Trinajstić information content (AvgIpc) is 2.92. The number of carbonyl (C=O) groups excluding carboxylic acids is 1. The fraction of sp³-hybridized carbons (Fsp3) is 0.300. The summed E-state index contributed by atoms with van der Waals surface area (Å²) in [6.07, 6.45) is 0.720. The van der Waals surface area contributed by atoms with Crippen LogP contribution in [-0.4, -0.2) is 50.0 Å². The van der Waals surface area contributed by atoms with E-state index in [0.29, 0.717) is 29.5 Å². The predicted molar refractivity (Wildman–Crippen MR) is 116 cm³/mol. The Morgan fingerprint density at radius 1 is 1.19 bits per heavy atom. The first-order valence-electron chi connectivity index (χ1n) is 9.59. The molecule has 1 aliphatic heterocycles. The van der Waals surface area contributed by atoms with Gasteiger partial charge in [-0.25, -0.2) is 13.8 Å². The molecule has 2 heterocycles. The van der Waals surface area contributed by atoms with E-state index in [4.69, 9.17) is 9.47 Å². The molecule has 1 aromatic heterocycles. The third-order valence-corrected chi connectivity index (χ3v) is 7.70. The summed E-state index contributed by atoms with van der Waals surface area (Å²) in [6, 6.07) is 12.2. The molecule has 4 rings (SSSR count). The number of para-hydroxylation sites is 1. The largest absolute Gasteiger partial charge is 0.490 e. The number of aryl methyl sites for hydroxylation is 1. The predicted octanol–water partition coefficient (Wildman–Crippen LogP) is 1.65. The standard InChI is InChI=1S/C20H22N4O5S2/c1-23(31(26,27)14-8-9-16-17(12-14)29-11-5-10-28-16)13-19(25)21-22-20-24(2)15-6-3-4-7-18(15)30-20/h3-4,6-9,12H,5,10-11,13H2,1-2H3,(H,21,25). The number of hydrogen-bond acceptors (Lipinski definition) is 7. The number of ether oxygens (including phenoxy) is 2. The SMILES string of the molecule is CN(CC(=O)NN=c1sc2ccccc2n1C)S(=O)(=O)c1ccc2c(c1)OCCCO2. The zero-order valence-corrected chi connectivity index (χ0v) is 18.7. The summed E-state index contributed by atoms with van der Waals surface area (Å²) in [7, 11) is -0.702. The van der Waals surface area contributed by atoms with Crippen molar-refractivity contribution in [1.82, 2.24) is 14.3 Å². The first-order valence-corrected chi connectivity index (χ1v) is 11.8. The van der Waals surface area contributed by atoms with Gasteiger partial charge in [0.05, 0.1) is 34.9 Å². The Morgan fingerprint density at radius 2 is 1.94 bits per heavy atom. The lowest BCUT2D eigenvalue weighted by Crippen LogP contribution is -2.37. The molecule has 0 radical (unpaired) electrons. The highest BCUT2D eigenvalue weighted by molar-refractivity contribution is 7.89. The number of fused-ring (bicyclic) bond motifs is 2. The van der Waals surface area contributed by atoms with Crippen LogP contribution >= 0.6 is 11.3 Å². The highest BCUT2D eigenvalue weighted by Gasteiger charge is 2.25. The molecule has 0 spiro atoms. The van der Waals surface area contributed by atoms with E-state index in [1.165, 1.54) is 30.5 Å². The summed E-state index contributed by atoms with van der Waals surface area (Å²) >= 11 is 1.43. The maximum atomic E-state index is 12.9. The Kier molecular flexibility index (Phi) is 5.99. The number of thiazole rings is 1. The molecule has 0 unspecified atom stereocenters. The third kappa shape index (κ3) is 4.43. The van der Waals surface area contributed by atoms with Gasteiger partial charge >= 0.3 is 0 Å². The van der Waals surface area contributed by atoms with Crippen LogP contribution in [0, 0.1) is 0 Å². The van der Waals surface area contributed by atoms with Gasteiger partial charge in [0.25, 0.3) is 5.91 Å². The Morgan fingerprint density at radius 3 is 2.71 bits per heavy atom. The van der Waals surface area contributed by atoms with E-state index in [9.17, 15) is 13.2 Å². The summed E-state index contributed by atoms with van der Waals surface area (Å²) in [5, 5.41) is 4.14. The van der Waals surface area contributed by atoms with Crippen molar-refractivity contribution in [3.8, 4) is 11.5 Å². The van der Waals surface area contributed by atoms with Crippen molar-refractivity contribution in [1.29, 1.82) is 0 Å². The third-order valence-electron chi connectivity index (χ3n) is 4.78. The van der Waals surface area contributed by atoms with E-state index in [-0.39, 0.29) is 11.4 Å². The van der Waals surface area contributed by atoms with Gasteiger partial charge in [0.15, 0.2) is 11.5 Å². The Hall–Kier alpha value is -2.89. The van der Waals surface area contributed by atoms with Crippen LogP contribution in [0.2, 0.25) is 0 Å². The lowest BCUT2D eigenvalue weighted by Gasteiger charge is -2.17. The second-order valence-corrected chi connectivity index (χ2v) is 10.0. The van der Waals surface area contributed by atoms with Gasteiger partial charge in [-0.15, -0.1) is 5.10 Å². The van der Waals surface area contributed by atoms with Crippen molar-refractivity contribution in [2.75, 3.05) is 26.8 Å². The Balaban J connectivity index is 1.48. The number of aromatic nitrogens is 1. The molecule has 1 N–H and O–H groups in total. The minimum absolute atomic E-state index is 0.0277. The van der Waals surface area contributed by atoms with E-state index in [1.807, 2.05) is 35.9 Å². The van der Waals surface area contributed by atoms with Gasteiger partial charge in [-0.3, -0.25) is 4.79 Å². The van der Waals surface area contributed by atoms with Gasteiger partial charge in [-0.2, -0.15) is 4.31 Å². The molecule has 164 valence electrons. The lowest BCUT2D eigenvalue weighted by atomic mass is 10.3. The molecule has 0 fully saturated rings. The van der Waals surface area contributed by atoms with Crippen LogP contribution in [0.1, 0.15) is 6.42 Å². The smallest absolute Gasteiger partial charge is 0.255 e. The fourth-order valence-electron chi connectivity index (χ4n) is 3.10. The summed E-state index contributed by atoms with van der Waals surface area (Å²) < 4.78 is 40.8. The maximum absolute atomic E-state index is 12.9. The molecule has 0 bridgehead atoms. The van der Waals surface area contributed by atoms with Crippen LogP contribution in [-0.2, 0) is 21.9 Å². The molecular formula is C20H22N4O5S2. The van der Waals surface area contributed by atoms with E-state index < -0.39 is 15.9 Å². The van der Waals surface area contributed by atoms with Gasteiger partial charge < -0.3 is 14.0 Å². The topological polar surface area (TPSA) is 102 Å². The summed E-state index contributed by atoms with van der Waals surface area (Å²) in [5.41, 5.74) is 3.43. The van der Waals surface area contributed by atoms with Gasteiger partial charge in [0.1, 0.15) is 0 Å². The van der Waals surface area contributed by atoms with E-state index in [2.05, 4.69) is 10.5 Å². The van der Waals surface area contributed by atoms with Gasteiger partial charge in [0, 0.05) is 26.6 Å². The van der Waals surface area contributed by atoms with Crippen molar-refractivity contribution < 1.29 is 22.7 Å². The number of hydrogen-bond donors (Lipinski definition) is 1. The van der Waals surface area contributed by atoms with E-state index >= 15 is 0 Å². The molecule has 1 aliphatic rings. The minimum Gasteiger partial charge on any atom is -0.490 e. The number of likely N-dealkylation sites (N-methyl/N-ethyl adjacent to an activating group) is 1. The van der Waals surface area contributed by atoms with Crippen LogP contribution in [0.3, 0.4) is 0 Å². The fourth-order valence-corrected chi connectivity index (χ4v) is 5.23. The van der Waals surface area contributed by atoms with Gasteiger partial charge in [-0.05, 0) is 24.3 Å². The Labute approximate surface area is 183 Å². The van der Waals surface area contributed by atoms with E-state index in [1.54, 1.807) is 6.07 Å².